The Morgan fingerprint density at radius 3 is 2.90 bits per heavy atom. The molecule has 0 saturated carbocycles. The number of amides is 1. The lowest BCUT2D eigenvalue weighted by Gasteiger charge is -2.00. The minimum atomic E-state index is -0.951. The van der Waals surface area contributed by atoms with Crippen LogP contribution < -0.4 is 0 Å². The molecule has 0 aromatic rings. The lowest BCUT2D eigenvalue weighted by atomic mass is 10.3. The van der Waals surface area contributed by atoms with Crippen LogP contribution in [0.4, 0.5) is 0 Å². The highest BCUT2D eigenvalue weighted by Gasteiger charge is 2.38. The van der Waals surface area contributed by atoms with Crippen LogP contribution in [0.5, 0.6) is 0 Å². The molecule has 1 heterocycles. The van der Waals surface area contributed by atoms with Gasteiger partial charge in [0, 0.05) is 5.75 Å². The summed E-state index contributed by atoms with van der Waals surface area (Å²) < 4.78 is 0. The molecule has 0 spiro atoms. The first-order valence-electron chi connectivity index (χ1n) is 2.70. The summed E-state index contributed by atoms with van der Waals surface area (Å²) in [6.45, 7) is 0. The summed E-state index contributed by atoms with van der Waals surface area (Å²) in [4.78, 5) is 21.5. The molecule has 0 aromatic carbocycles. The zero-order valence-corrected chi connectivity index (χ0v) is 5.93. The number of carboxylic acid groups (broad SMARTS) is 1. The average molecular weight is 160 g/mol. The van der Waals surface area contributed by atoms with Crippen molar-refractivity contribution < 1.29 is 14.7 Å². The van der Waals surface area contributed by atoms with Gasteiger partial charge in [-0.05, 0) is 0 Å². The Balaban J connectivity index is 2.58. The molecule has 5 heteroatoms. The van der Waals surface area contributed by atoms with Gasteiger partial charge in [0.05, 0.1) is 4.79 Å². The second-order valence-electron chi connectivity index (χ2n) is 1.92. The van der Waals surface area contributed by atoms with E-state index in [1.165, 1.54) is 11.8 Å². The predicted molar refractivity (Wildman–Crippen MR) is 36.3 cm³/mol. The molecule has 1 saturated heterocycles. The van der Waals surface area contributed by atoms with Crippen LogP contribution >= 0.6 is 11.8 Å². The molecule has 1 atom stereocenters. The van der Waals surface area contributed by atoms with Crippen molar-refractivity contribution in [1.82, 2.24) is 4.90 Å². The maximum Gasteiger partial charge on any atom is 0.669 e. The number of carbonyl (C=O) groups is 1. The zero-order chi connectivity index (χ0) is 7.56. The summed E-state index contributed by atoms with van der Waals surface area (Å²) in [6, 6.07) is -0.664. The molecular weight excluding hydrogens is 154 g/mol. The standard InChI is InChI=1S/C5H5NO3S/c7-2-6-3-10-1-4(6)5(8)9/h4H,1,3H2/p+1. The van der Waals surface area contributed by atoms with E-state index in [-0.39, 0.29) is 0 Å². The Morgan fingerprint density at radius 2 is 2.50 bits per heavy atom. The summed E-state index contributed by atoms with van der Waals surface area (Å²) in [6.07, 6.45) is 1.58. The highest BCUT2D eigenvalue weighted by molar-refractivity contribution is 7.99. The molecule has 4 nitrogen and oxygen atoms in total. The third-order valence-corrected chi connectivity index (χ3v) is 2.30. The molecule has 10 heavy (non-hydrogen) atoms. The number of rotatable bonds is 2. The predicted octanol–water partition coefficient (Wildman–Crippen LogP) is -0.487. The SMILES string of the molecule is O=[C+]N1CSCC1C(=O)O. The number of nitrogens with zero attached hydrogens (tertiary/aromatic N) is 1. The van der Waals surface area contributed by atoms with E-state index < -0.39 is 12.0 Å². The van der Waals surface area contributed by atoms with Gasteiger partial charge in [-0.15, -0.1) is 16.7 Å². The maximum atomic E-state index is 10.3. The molecule has 1 fully saturated rings. The first kappa shape index (κ1) is 7.31. The molecule has 1 unspecified atom stereocenters. The van der Waals surface area contributed by atoms with Crippen molar-refractivity contribution in [2.75, 3.05) is 11.6 Å². The molecule has 0 aromatic heterocycles. The van der Waals surface area contributed by atoms with Crippen molar-refractivity contribution in [3.05, 3.63) is 0 Å². The fraction of sp³-hybridized carbons (Fsp3) is 0.600. The first-order valence-corrected chi connectivity index (χ1v) is 3.86. The van der Waals surface area contributed by atoms with Gasteiger partial charge in [-0.3, -0.25) is 0 Å². The Kier molecular flexibility index (Phi) is 2.09. The normalized spacial score (nSPS) is 24.4. The van der Waals surface area contributed by atoms with E-state index in [4.69, 9.17) is 5.11 Å². The average Bonchev–Trinajstić information content (AvgIpc) is 2.33. The lowest BCUT2D eigenvalue weighted by Crippen LogP contribution is -2.36. The number of carboxylic acids is 1. The van der Waals surface area contributed by atoms with Gasteiger partial charge in [0.1, 0.15) is 5.88 Å². The molecule has 0 bridgehead atoms. The third kappa shape index (κ3) is 1.20. The molecule has 54 valence electrons. The highest BCUT2D eigenvalue weighted by Crippen LogP contribution is 2.18. The quantitative estimate of drug-likeness (QED) is 0.554. The number of hydrogen-bond acceptors (Lipinski definition) is 3. The molecule has 1 N–H and O–H groups in total. The van der Waals surface area contributed by atoms with E-state index in [0.717, 1.165) is 4.90 Å². The van der Waals surface area contributed by atoms with Crippen LogP contribution in [0.15, 0.2) is 0 Å². The van der Waals surface area contributed by atoms with Gasteiger partial charge in [-0.25, -0.2) is 4.79 Å². The summed E-state index contributed by atoms with van der Waals surface area (Å²) in [5.74, 6) is -0.0289. The summed E-state index contributed by atoms with van der Waals surface area (Å²) in [5, 5.41) is 8.48. The lowest BCUT2D eigenvalue weighted by molar-refractivity contribution is -0.140. The second kappa shape index (κ2) is 2.86. The van der Waals surface area contributed by atoms with Gasteiger partial charge in [0.25, 0.3) is 0 Å². The smallest absolute Gasteiger partial charge is 0.480 e. The maximum absolute atomic E-state index is 10.3. The van der Waals surface area contributed by atoms with Gasteiger partial charge in [-0.1, -0.05) is 0 Å². The van der Waals surface area contributed by atoms with Gasteiger partial charge < -0.3 is 5.11 Å². The second-order valence-corrected chi connectivity index (χ2v) is 2.91. The first-order chi connectivity index (χ1) is 4.75. The fourth-order valence-electron chi connectivity index (χ4n) is 0.737. The zero-order valence-electron chi connectivity index (χ0n) is 5.11. The number of aliphatic carboxylic acids is 1. The van der Waals surface area contributed by atoms with E-state index in [2.05, 4.69) is 0 Å². The fourth-order valence-corrected chi connectivity index (χ4v) is 1.82. The van der Waals surface area contributed by atoms with E-state index in [9.17, 15) is 9.59 Å². The van der Waals surface area contributed by atoms with Gasteiger partial charge in [-0.2, -0.15) is 0 Å². The van der Waals surface area contributed by atoms with Crippen LogP contribution in [0.2, 0.25) is 0 Å². The van der Waals surface area contributed by atoms with Crippen LogP contribution in [-0.2, 0) is 9.59 Å². The molecule has 0 aliphatic carbocycles. The van der Waals surface area contributed by atoms with E-state index in [1.807, 2.05) is 0 Å². The summed E-state index contributed by atoms with van der Waals surface area (Å²) in [5.41, 5.74) is 0. The van der Waals surface area contributed by atoms with Crippen LogP contribution in [0.3, 0.4) is 0 Å². The van der Waals surface area contributed by atoms with Gasteiger partial charge >= 0.3 is 12.4 Å². The van der Waals surface area contributed by atoms with Crippen molar-refractivity contribution in [2.45, 2.75) is 6.04 Å². The van der Waals surface area contributed by atoms with Crippen LogP contribution in [0.25, 0.3) is 0 Å². The van der Waals surface area contributed by atoms with Gasteiger partial charge in [0.2, 0.25) is 0 Å². The Morgan fingerprint density at radius 1 is 1.80 bits per heavy atom. The number of thioether (sulfide) groups is 1. The molecular formula is C5H6NO3S+. The van der Waals surface area contributed by atoms with E-state index in [0.29, 0.717) is 11.6 Å². The Labute approximate surface area is 62.2 Å². The minimum absolute atomic E-state index is 0.445. The monoisotopic (exact) mass is 160 g/mol. The topological polar surface area (TPSA) is 57.6 Å². The largest absolute Gasteiger partial charge is 0.669 e. The van der Waals surface area contributed by atoms with E-state index in [1.54, 1.807) is 6.41 Å². The number of hydrogen-bond donors (Lipinski definition) is 1. The minimum Gasteiger partial charge on any atom is -0.480 e. The Hall–Kier alpha value is -0.800. The summed E-state index contributed by atoms with van der Waals surface area (Å²) in [7, 11) is 0. The van der Waals surface area contributed by atoms with Crippen LogP contribution in [0, 0.1) is 0 Å². The van der Waals surface area contributed by atoms with Crippen LogP contribution in [-0.4, -0.2) is 40.1 Å². The van der Waals surface area contributed by atoms with Crippen molar-refractivity contribution >= 4 is 24.1 Å². The Bertz CT molecular complexity index is 161. The van der Waals surface area contributed by atoms with E-state index >= 15 is 0 Å². The molecule has 1 rings (SSSR count). The number of carbonyl (C=O) groups excluding carboxylic acids is 1. The van der Waals surface area contributed by atoms with Crippen molar-refractivity contribution in [3.8, 4) is 0 Å². The van der Waals surface area contributed by atoms with Crippen LogP contribution in [0.1, 0.15) is 0 Å². The molecule has 0 radical (unpaired) electrons. The van der Waals surface area contributed by atoms with Gasteiger partial charge in [0.15, 0.2) is 6.04 Å². The third-order valence-electron chi connectivity index (χ3n) is 1.28. The highest BCUT2D eigenvalue weighted by atomic mass is 32.2. The van der Waals surface area contributed by atoms with Crippen molar-refractivity contribution in [1.29, 1.82) is 0 Å². The molecule has 1 amide bonds. The van der Waals surface area contributed by atoms with Crippen molar-refractivity contribution in [2.24, 2.45) is 0 Å². The summed E-state index contributed by atoms with van der Waals surface area (Å²) >= 11 is 1.43. The van der Waals surface area contributed by atoms with Crippen molar-refractivity contribution in [3.63, 3.8) is 0 Å². The molecule has 1 aliphatic heterocycles. The molecule has 1 aliphatic rings.